The van der Waals surface area contributed by atoms with Crippen molar-refractivity contribution in [1.82, 2.24) is 15.5 Å². The summed E-state index contributed by atoms with van der Waals surface area (Å²) < 4.78 is 0. The summed E-state index contributed by atoms with van der Waals surface area (Å²) >= 11 is 0. The highest BCUT2D eigenvalue weighted by molar-refractivity contribution is 6.05. The lowest BCUT2D eigenvalue weighted by atomic mass is 9.85. The van der Waals surface area contributed by atoms with Gasteiger partial charge in [0.05, 0.1) is 0 Å². The molecule has 3 atom stereocenters. The number of carbonyl (C=O) groups excluding carboxylic acids is 3. The van der Waals surface area contributed by atoms with Crippen LogP contribution in [0.4, 0.5) is 0 Å². The van der Waals surface area contributed by atoms with E-state index in [2.05, 4.69) is 16.7 Å². The zero-order chi connectivity index (χ0) is 19.3. The van der Waals surface area contributed by atoms with E-state index in [1.807, 2.05) is 12.1 Å². The van der Waals surface area contributed by atoms with Crippen molar-refractivity contribution in [1.29, 1.82) is 0 Å². The molecule has 6 heteroatoms. The number of imide groups is 1. The summed E-state index contributed by atoms with van der Waals surface area (Å²) in [5.41, 5.74) is 2.86. The minimum atomic E-state index is -0.545. The van der Waals surface area contributed by atoms with Crippen LogP contribution in [0.3, 0.4) is 0 Å². The molecular weight excluding hydrogens is 354 g/mol. The minimum Gasteiger partial charge on any atom is -0.322 e. The first-order chi connectivity index (χ1) is 13.6. The second-order valence-electron chi connectivity index (χ2n) is 8.99. The molecule has 28 heavy (non-hydrogen) atoms. The van der Waals surface area contributed by atoms with Crippen molar-refractivity contribution in [2.45, 2.75) is 70.1 Å². The first-order valence-corrected chi connectivity index (χ1v) is 10.6. The molecule has 2 bridgehead atoms. The third-order valence-corrected chi connectivity index (χ3v) is 7.07. The van der Waals surface area contributed by atoms with Gasteiger partial charge in [-0.05, 0) is 54.7 Å². The Morgan fingerprint density at radius 3 is 2.57 bits per heavy atom. The highest BCUT2D eigenvalue weighted by Crippen LogP contribution is 2.42. The van der Waals surface area contributed by atoms with Crippen LogP contribution in [0.15, 0.2) is 18.2 Å². The molecule has 4 aliphatic rings. The third-order valence-electron chi connectivity index (χ3n) is 7.07. The van der Waals surface area contributed by atoms with E-state index in [0.29, 0.717) is 24.6 Å². The average molecular weight is 381 g/mol. The fourth-order valence-corrected chi connectivity index (χ4v) is 5.67. The first-order valence-electron chi connectivity index (χ1n) is 10.6. The first kappa shape index (κ1) is 17.9. The van der Waals surface area contributed by atoms with Crippen LogP contribution in [0.25, 0.3) is 0 Å². The Bertz CT molecular complexity index is 824. The molecule has 148 valence electrons. The van der Waals surface area contributed by atoms with Gasteiger partial charge in [0, 0.05) is 31.1 Å². The van der Waals surface area contributed by atoms with Gasteiger partial charge in [-0.3, -0.25) is 19.7 Å². The molecule has 0 radical (unpaired) electrons. The monoisotopic (exact) mass is 381 g/mol. The van der Waals surface area contributed by atoms with E-state index < -0.39 is 6.04 Å². The zero-order valence-corrected chi connectivity index (χ0v) is 16.1. The molecule has 2 saturated carbocycles. The van der Waals surface area contributed by atoms with E-state index in [9.17, 15) is 14.4 Å². The van der Waals surface area contributed by atoms with Crippen molar-refractivity contribution >= 4 is 17.7 Å². The van der Waals surface area contributed by atoms with E-state index in [1.165, 1.54) is 37.7 Å². The fraction of sp³-hybridized carbons (Fsp3) is 0.591. The van der Waals surface area contributed by atoms with Crippen molar-refractivity contribution in [3.63, 3.8) is 0 Å². The quantitative estimate of drug-likeness (QED) is 0.783. The summed E-state index contributed by atoms with van der Waals surface area (Å²) in [6.45, 7) is 1.27. The molecule has 2 aliphatic carbocycles. The summed E-state index contributed by atoms with van der Waals surface area (Å²) in [5.74, 6) is 1.11. The van der Waals surface area contributed by atoms with Gasteiger partial charge in [0.2, 0.25) is 11.8 Å². The van der Waals surface area contributed by atoms with Gasteiger partial charge in [-0.2, -0.15) is 0 Å². The third kappa shape index (κ3) is 3.24. The van der Waals surface area contributed by atoms with Crippen LogP contribution < -0.4 is 10.6 Å². The van der Waals surface area contributed by atoms with Gasteiger partial charge < -0.3 is 10.2 Å². The highest BCUT2D eigenvalue weighted by Gasteiger charge is 2.39. The second-order valence-corrected chi connectivity index (χ2v) is 8.99. The van der Waals surface area contributed by atoms with Gasteiger partial charge in [0.15, 0.2) is 0 Å². The number of fused-ring (bicyclic) bond motifs is 3. The number of rotatable bonds is 4. The Labute approximate surface area is 165 Å². The molecular formula is C22H27N3O3. The lowest BCUT2D eigenvalue weighted by Gasteiger charge is -2.29. The summed E-state index contributed by atoms with van der Waals surface area (Å²) in [4.78, 5) is 37.9. The molecule has 5 rings (SSSR count). The minimum absolute atomic E-state index is 0.104. The lowest BCUT2D eigenvalue weighted by Crippen LogP contribution is -2.52. The number of nitrogens with zero attached hydrogens (tertiary/aromatic N) is 1. The maximum Gasteiger partial charge on any atom is 0.255 e. The zero-order valence-electron chi connectivity index (χ0n) is 16.1. The van der Waals surface area contributed by atoms with E-state index in [1.54, 1.807) is 4.90 Å². The molecule has 2 heterocycles. The predicted octanol–water partition coefficient (Wildman–Crippen LogP) is 2.12. The van der Waals surface area contributed by atoms with Gasteiger partial charge in [0.25, 0.3) is 5.91 Å². The second kappa shape index (κ2) is 6.99. The molecule has 0 aromatic heterocycles. The van der Waals surface area contributed by atoms with Gasteiger partial charge in [-0.15, -0.1) is 0 Å². The number of benzene rings is 1. The number of hydrogen-bond acceptors (Lipinski definition) is 4. The molecule has 1 aromatic carbocycles. The predicted molar refractivity (Wildman–Crippen MR) is 103 cm³/mol. The van der Waals surface area contributed by atoms with Gasteiger partial charge in [-0.25, -0.2) is 0 Å². The Kier molecular flexibility index (Phi) is 4.46. The van der Waals surface area contributed by atoms with E-state index in [0.717, 1.165) is 23.9 Å². The van der Waals surface area contributed by atoms with Gasteiger partial charge in [-0.1, -0.05) is 25.0 Å². The molecule has 1 aromatic rings. The molecule has 1 saturated heterocycles. The van der Waals surface area contributed by atoms with Crippen molar-refractivity contribution < 1.29 is 14.4 Å². The van der Waals surface area contributed by atoms with Crippen LogP contribution >= 0.6 is 0 Å². The SMILES string of the molecule is O=C1CCC(N2Cc3cc(CNC4CC5CCC(C5)C4)ccc3C2=O)C(=O)N1. The van der Waals surface area contributed by atoms with E-state index in [4.69, 9.17) is 0 Å². The molecule has 0 spiro atoms. The summed E-state index contributed by atoms with van der Waals surface area (Å²) in [7, 11) is 0. The van der Waals surface area contributed by atoms with Crippen molar-refractivity contribution in [2.24, 2.45) is 11.8 Å². The Morgan fingerprint density at radius 1 is 1.04 bits per heavy atom. The number of hydrogen-bond donors (Lipinski definition) is 2. The molecule has 3 fully saturated rings. The Balaban J connectivity index is 1.24. The largest absolute Gasteiger partial charge is 0.322 e. The molecule has 2 aliphatic heterocycles. The van der Waals surface area contributed by atoms with E-state index in [-0.39, 0.29) is 24.1 Å². The van der Waals surface area contributed by atoms with Gasteiger partial charge in [0.1, 0.15) is 6.04 Å². The van der Waals surface area contributed by atoms with Crippen LogP contribution in [0.1, 0.15) is 66.4 Å². The molecule has 2 N–H and O–H groups in total. The summed E-state index contributed by atoms with van der Waals surface area (Å²) in [6, 6.07) is 6.09. The fourth-order valence-electron chi connectivity index (χ4n) is 5.67. The van der Waals surface area contributed by atoms with Crippen LogP contribution in [-0.4, -0.2) is 34.7 Å². The summed E-state index contributed by atoms with van der Waals surface area (Å²) in [6.07, 6.45) is 7.51. The van der Waals surface area contributed by atoms with Crippen LogP contribution in [0.5, 0.6) is 0 Å². The van der Waals surface area contributed by atoms with Crippen molar-refractivity contribution in [3.8, 4) is 0 Å². The highest BCUT2D eigenvalue weighted by atomic mass is 16.2. The number of amides is 3. The maximum absolute atomic E-state index is 12.8. The topological polar surface area (TPSA) is 78.5 Å². The Hall–Kier alpha value is -2.21. The summed E-state index contributed by atoms with van der Waals surface area (Å²) in [5, 5.41) is 6.08. The molecule has 3 amide bonds. The lowest BCUT2D eigenvalue weighted by molar-refractivity contribution is -0.136. The number of piperidine rings is 1. The van der Waals surface area contributed by atoms with Crippen LogP contribution in [0, 0.1) is 11.8 Å². The standard InChI is InChI=1S/C22H27N3O3/c26-20-6-5-19(21(27)24-20)25-12-16-8-15(3-4-18(16)22(25)28)11-23-17-9-13-1-2-14(7-13)10-17/h3-4,8,13-14,17,19,23H,1-2,5-7,9-12H2,(H,24,26,27). The van der Waals surface area contributed by atoms with Crippen molar-refractivity contribution in [3.05, 3.63) is 34.9 Å². The number of carbonyl (C=O) groups is 3. The van der Waals surface area contributed by atoms with E-state index >= 15 is 0 Å². The Morgan fingerprint density at radius 2 is 1.82 bits per heavy atom. The smallest absolute Gasteiger partial charge is 0.255 e. The normalized spacial score (nSPS) is 31.9. The van der Waals surface area contributed by atoms with Crippen molar-refractivity contribution in [2.75, 3.05) is 0 Å². The number of nitrogens with one attached hydrogen (secondary N) is 2. The maximum atomic E-state index is 12.8. The van der Waals surface area contributed by atoms with Gasteiger partial charge >= 0.3 is 0 Å². The molecule has 3 unspecified atom stereocenters. The van der Waals surface area contributed by atoms with Crippen LogP contribution in [-0.2, 0) is 22.7 Å². The molecule has 6 nitrogen and oxygen atoms in total. The average Bonchev–Trinajstić information content (AvgIpc) is 3.19. The van der Waals surface area contributed by atoms with Crippen LogP contribution in [0.2, 0.25) is 0 Å².